The Morgan fingerprint density at radius 2 is 2.15 bits per heavy atom. The van der Waals surface area contributed by atoms with Crippen molar-refractivity contribution in [2.24, 2.45) is 0 Å². The highest BCUT2D eigenvalue weighted by Gasteiger charge is 2.12. The normalized spacial score (nSPS) is 10.8. The summed E-state index contributed by atoms with van der Waals surface area (Å²) in [6.07, 6.45) is 4.56. The number of benzene rings is 1. The lowest BCUT2D eigenvalue weighted by molar-refractivity contribution is 0.0686. The van der Waals surface area contributed by atoms with Crippen molar-refractivity contribution < 1.29 is 14.4 Å². The van der Waals surface area contributed by atoms with Crippen molar-refractivity contribution in [2.75, 3.05) is 0 Å². The standard InChI is InChI=1S/C15H12N2O3/c1-2-9-7-16-8-11-5-10(3-4-12(9)11)14-6-13(15(18)19)17-20-14/h3-8H,2H2,1H3,(H,18,19). The lowest BCUT2D eigenvalue weighted by atomic mass is 10.0. The molecule has 0 amide bonds. The Morgan fingerprint density at radius 3 is 2.85 bits per heavy atom. The van der Waals surface area contributed by atoms with Crippen molar-refractivity contribution in [3.8, 4) is 11.3 Å². The van der Waals surface area contributed by atoms with E-state index >= 15 is 0 Å². The first-order valence-electron chi connectivity index (χ1n) is 6.26. The number of carboxylic acid groups (broad SMARTS) is 1. The first kappa shape index (κ1) is 12.3. The molecule has 0 saturated carbocycles. The highest BCUT2D eigenvalue weighted by molar-refractivity contribution is 5.90. The largest absolute Gasteiger partial charge is 0.476 e. The molecule has 0 fully saturated rings. The van der Waals surface area contributed by atoms with Gasteiger partial charge < -0.3 is 9.63 Å². The number of hydrogen-bond acceptors (Lipinski definition) is 4. The van der Waals surface area contributed by atoms with Crippen LogP contribution in [0.1, 0.15) is 23.0 Å². The number of carboxylic acids is 1. The van der Waals surface area contributed by atoms with Crippen molar-refractivity contribution in [3.63, 3.8) is 0 Å². The van der Waals surface area contributed by atoms with Crippen molar-refractivity contribution in [2.45, 2.75) is 13.3 Å². The van der Waals surface area contributed by atoms with Gasteiger partial charge in [-0.1, -0.05) is 24.2 Å². The van der Waals surface area contributed by atoms with E-state index in [9.17, 15) is 4.79 Å². The van der Waals surface area contributed by atoms with E-state index in [2.05, 4.69) is 17.1 Å². The Bertz CT molecular complexity index is 793. The van der Waals surface area contributed by atoms with Crippen LogP contribution in [-0.2, 0) is 6.42 Å². The summed E-state index contributed by atoms with van der Waals surface area (Å²) in [7, 11) is 0. The summed E-state index contributed by atoms with van der Waals surface area (Å²) in [6, 6.07) is 7.23. The topological polar surface area (TPSA) is 76.2 Å². The number of aryl methyl sites for hydroxylation is 1. The molecule has 0 unspecified atom stereocenters. The molecule has 0 radical (unpaired) electrons. The minimum Gasteiger partial charge on any atom is -0.476 e. The van der Waals surface area contributed by atoms with Crippen LogP contribution in [0.15, 0.2) is 41.2 Å². The van der Waals surface area contributed by atoms with E-state index in [1.165, 1.54) is 11.6 Å². The van der Waals surface area contributed by atoms with Gasteiger partial charge in [-0.05, 0) is 23.4 Å². The van der Waals surface area contributed by atoms with Crippen molar-refractivity contribution in [1.82, 2.24) is 10.1 Å². The SMILES string of the molecule is CCc1cncc2cc(-c3cc(C(=O)O)no3)ccc12. The Labute approximate surface area is 114 Å². The monoisotopic (exact) mass is 268 g/mol. The maximum atomic E-state index is 10.8. The van der Waals surface area contributed by atoms with Crippen LogP contribution in [-0.4, -0.2) is 21.2 Å². The second-order valence-corrected chi connectivity index (χ2v) is 4.47. The number of fused-ring (bicyclic) bond motifs is 1. The molecule has 1 aromatic carbocycles. The molecule has 2 aromatic heterocycles. The Kier molecular flexibility index (Phi) is 2.95. The van der Waals surface area contributed by atoms with E-state index in [0.29, 0.717) is 5.76 Å². The fourth-order valence-electron chi connectivity index (χ4n) is 2.19. The summed E-state index contributed by atoms with van der Waals surface area (Å²) in [4.78, 5) is 15.0. The van der Waals surface area contributed by atoms with Crippen LogP contribution in [0.25, 0.3) is 22.1 Å². The number of carbonyl (C=O) groups is 1. The number of rotatable bonds is 3. The molecule has 5 nitrogen and oxygen atoms in total. The molecule has 3 aromatic rings. The van der Waals surface area contributed by atoms with Crippen LogP contribution in [0.4, 0.5) is 0 Å². The first-order valence-corrected chi connectivity index (χ1v) is 6.26. The zero-order valence-corrected chi connectivity index (χ0v) is 10.8. The summed E-state index contributed by atoms with van der Waals surface area (Å²) in [6.45, 7) is 2.08. The van der Waals surface area contributed by atoms with Crippen LogP contribution in [0.3, 0.4) is 0 Å². The van der Waals surface area contributed by atoms with Gasteiger partial charge in [-0.15, -0.1) is 0 Å². The molecule has 1 N–H and O–H groups in total. The molecule has 3 rings (SSSR count). The average Bonchev–Trinajstić information content (AvgIpc) is 2.96. The van der Waals surface area contributed by atoms with Gasteiger partial charge in [0.15, 0.2) is 11.5 Å². The zero-order valence-electron chi connectivity index (χ0n) is 10.8. The second-order valence-electron chi connectivity index (χ2n) is 4.47. The molecular formula is C15H12N2O3. The summed E-state index contributed by atoms with van der Waals surface area (Å²) in [5, 5.41) is 14.5. The van der Waals surface area contributed by atoms with Crippen LogP contribution in [0.5, 0.6) is 0 Å². The van der Waals surface area contributed by atoms with Gasteiger partial charge in [0.1, 0.15) is 0 Å². The number of pyridine rings is 1. The van der Waals surface area contributed by atoms with E-state index in [4.69, 9.17) is 9.63 Å². The van der Waals surface area contributed by atoms with Gasteiger partial charge in [-0.3, -0.25) is 4.98 Å². The van der Waals surface area contributed by atoms with Crippen molar-refractivity contribution >= 4 is 16.7 Å². The lowest BCUT2D eigenvalue weighted by Crippen LogP contribution is -1.94. The molecule has 0 bridgehead atoms. The molecule has 0 saturated heterocycles. The Morgan fingerprint density at radius 1 is 1.30 bits per heavy atom. The summed E-state index contributed by atoms with van der Waals surface area (Å²) < 4.78 is 5.07. The van der Waals surface area contributed by atoms with Gasteiger partial charge in [0.05, 0.1) is 0 Å². The molecule has 100 valence electrons. The smallest absolute Gasteiger partial charge is 0.358 e. The number of aromatic nitrogens is 2. The predicted molar refractivity (Wildman–Crippen MR) is 73.6 cm³/mol. The molecular weight excluding hydrogens is 256 g/mol. The van der Waals surface area contributed by atoms with Crippen LogP contribution in [0, 0.1) is 0 Å². The van der Waals surface area contributed by atoms with E-state index < -0.39 is 5.97 Å². The van der Waals surface area contributed by atoms with Gasteiger partial charge in [0.2, 0.25) is 0 Å². The third-order valence-corrected chi connectivity index (χ3v) is 3.24. The van der Waals surface area contributed by atoms with Crippen molar-refractivity contribution in [1.29, 1.82) is 0 Å². The number of hydrogen-bond donors (Lipinski definition) is 1. The number of nitrogens with zero attached hydrogens (tertiary/aromatic N) is 2. The molecule has 0 aliphatic carbocycles. The maximum absolute atomic E-state index is 10.8. The minimum atomic E-state index is -1.10. The van der Waals surface area contributed by atoms with Gasteiger partial charge in [-0.25, -0.2) is 4.79 Å². The lowest BCUT2D eigenvalue weighted by Gasteiger charge is -2.04. The van der Waals surface area contributed by atoms with Crippen molar-refractivity contribution in [3.05, 3.63) is 47.9 Å². The molecule has 5 heteroatoms. The quantitative estimate of drug-likeness (QED) is 0.789. The first-order chi connectivity index (χ1) is 9.69. The summed E-state index contributed by atoms with van der Waals surface area (Å²) >= 11 is 0. The molecule has 0 atom stereocenters. The summed E-state index contributed by atoms with van der Waals surface area (Å²) in [5.74, 6) is -0.665. The van der Waals surface area contributed by atoms with Crippen LogP contribution < -0.4 is 0 Å². The number of aromatic carboxylic acids is 1. The van der Waals surface area contributed by atoms with Gasteiger partial charge in [0, 0.05) is 29.4 Å². The van der Waals surface area contributed by atoms with Gasteiger partial charge in [0.25, 0.3) is 0 Å². The van der Waals surface area contributed by atoms with E-state index in [-0.39, 0.29) is 5.69 Å². The van der Waals surface area contributed by atoms with Crippen LogP contribution >= 0.6 is 0 Å². The Hall–Kier alpha value is -2.69. The maximum Gasteiger partial charge on any atom is 0.358 e. The third-order valence-electron chi connectivity index (χ3n) is 3.24. The fourth-order valence-corrected chi connectivity index (χ4v) is 2.19. The molecule has 0 aliphatic heterocycles. The predicted octanol–water partition coefficient (Wildman–Crippen LogP) is 3.15. The molecule has 20 heavy (non-hydrogen) atoms. The minimum absolute atomic E-state index is 0.0967. The van der Waals surface area contributed by atoms with Gasteiger partial charge in [-0.2, -0.15) is 0 Å². The highest BCUT2D eigenvalue weighted by atomic mass is 16.5. The van der Waals surface area contributed by atoms with Gasteiger partial charge >= 0.3 is 5.97 Å². The van der Waals surface area contributed by atoms with E-state index in [1.54, 1.807) is 6.20 Å². The highest BCUT2D eigenvalue weighted by Crippen LogP contribution is 2.26. The van der Waals surface area contributed by atoms with Crippen LogP contribution in [0.2, 0.25) is 0 Å². The third kappa shape index (κ3) is 2.03. The van der Waals surface area contributed by atoms with E-state index in [1.807, 2.05) is 24.4 Å². The fraction of sp³-hybridized carbons (Fsp3) is 0.133. The molecule has 0 aliphatic rings. The molecule has 0 spiro atoms. The van der Waals surface area contributed by atoms with E-state index in [0.717, 1.165) is 22.8 Å². The summed E-state index contributed by atoms with van der Waals surface area (Å²) in [5.41, 5.74) is 1.87. The average molecular weight is 268 g/mol. The molecule has 2 heterocycles. The Balaban J connectivity index is 2.10. The second kappa shape index (κ2) is 4.77. The zero-order chi connectivity index (χ0) is 14.1.